The monoisotopic (exact) mass is 289 g/mol. The maximum absolute atomic E-state index is 5.90. The lowest BCUT2D eigenvalue weighted by Crippen LogP contribution is -2.50. The molecule has 1 aliphatic carbocycles. The Hall–Kier alpha value is -1.26. The van der Waals surface area contributed by atoms with Gasteiger partial charge in [-0.25, -0.2) is 0 Å². The Morgan fingerprint density at radius 1 is 1.14 bits per heavy atom. The lowest BCUT2D eigenvalue weighted by Gasteiger charge is -2.39. The van der Waals surface area contributed by atoms with Gasteiger partial charge in [0.1, 0.15) is 5.75 Å². The first-order valence-corrected chi connectivity index (χ1v) is 8.18. The van der Waals surface area contributed by atoms with E-state index in [-0.39, 0.29) is 0 Å². The summed E-state index contributed by atoms with van der Waals surface area (Å²) in [5, 5.41) is 0. The number of benzene rings is 1. The molecule has 0 spiro atoms. The van der Waals surface area contributed by atoms with Gasteiger partial charge in [0.2, 0.25) is 0 Å². The van der Waals surface area contributed by atoms with Crippen LogP contribution < -0.4 is 15.4 Å². The van der Waals surface area contributed by atoms with E-state index in [0.29, 0.717) is 6.54 Å². The second kappa shape index (κ2) is 6.67. The van der Waals surface area contributed by atoms with Crippen LogP contribution in [0.5, 0.6) is 5.75 Å². The van der Waals surface area contributed by atoms with Gasteiger partial charge in [-0.15, -0.1) is 0 Å². The van der Waals surface area contributed by atoms with E-state index in [1.165, 1.54) is 50.0 Å². The second-order valence-corrected chi connectivity index (χ2v) is 6.16. The summed E-state index contributed by atoms with van der Waals surface area (Å²) >= 11 is 0. The fraction of sp³-hybridized carbons (Fsp3) is 0.647. The minimum atomic E-state index is 0.585. The maximum Gasteiger partial charge on any atom is 0.120 e. The highest BCUT2D eigenvalue weighted by atomic mass is 16.5. The Morgan fingerprint density at radius 3 is 2.48 bits per heavy atom. The lowest BCUT2D eigenvalue weighted by atomic mass is 10.1. The molecule has 4 heteroatoms. The molecule has 2 N–H and O–H groups in total. The highest BCUT2D eigenvalue weighted by Gasteiger charge is 2.26. The number of hydrogen-bond donors (Lipinski definition) is 1. The van der Waals surface area contributed by atoms with E-state index in [0.717, 1.165) is 24.9 Å². The van der Waals surface area contributed by atoms with Gasteiger partial charge >= 0.3 is 0 Å². The molecule has 1 saturated carbocycles. The molecule has 1 saturated heterocycles. The molecule has 0 bridgehead atoms. The number of nitrogens with two attached hydrogens (primary N) is 1. The van der Waals surface area contributed by atoms with Crippen LogP contribution in [-0.4, -0.2) is 44.2 Å². The number of anilines is 1. The van der Waals surface area contributed by atoms with E-state index in [9.17, 15) is 0 Å². The van der Waals surface area contributed by atoms with Gasteiger partial charge in [-0.05, 0) is 24.5 Å². The number of methoxy groups -OCH3 is 1. The van der Waals surface area contributed by atoms with Crippen LogP contribution in [0.3, 0.4) is 0 Å². The zero-order valence-electron chi connectivity index (χ0n) is 13.1. The molecule has 2 aliphatic rings. The molecule has 0 unspecified atom stereocenters. The van der Waals surface area contributed by atoms with Crippen LogP contribution in [0.15, 0.2) is 18.2 Å². The van der Waals surface area contributed by atoms with Crippen LogP contribution >= 0.6 is 0 Å². The van der Waals surface area contributed by atoms with E-state index in [1.807, 2.05) is 6.07 Å². The third-order valence-corrected chi connectivity index (χ3v) is 5.01. The van der Waals surface area contributed by atoms with Crippen molar-refractivity contribution in [2.45, 2.75) is 38.3 Å². The van der Waals surface area contributed by atoms with Gasteiger partial charge in [0.25, 0.3) is 0 Å². The Morgan fingerprint density at radius 2 is 1.86 bits per heavy atom. The number of piperazine rings is 1. The van der Waals surface area contributed by atoms with Crippen LogP contribution in [0.2, 0.25) is 0 Å². The summed E-state index contributed by atoms with van der Waals surface area (Å²) in [6.07, 6.45) is 5.62. The minimum absolute atomic E-state index is 0.585. The zero-order chi connectivity index (χ0) is 14.7. The van der Waals surface area contributed by atoms with Crippen molar-refractivity contribution in [2.75, 3.05) is 38.2 Å². The number of nitrogens with zero attached hydrogens (tertiary/aromatic N) is 2. The molecule has 1 aliphatic heterocycles. The van der Waals surface area contributed by atoms with Crippen LogP contribution in [-0.2, 0) is 6.54 Å². The standard InChI is InChI=1S/C17H27N3O/c1-21-16-7-6-14(13-18)17(12-16)20-10-8-19(9-11-20)15-4-2-3-5-15/h6-7,12,15H,2-5,8-11,13,18H2,1H3. The predicted molar refractivity (Wildman–Crippen MR) is 86.9 cm³/mol. The van der Waals surface area contributed by atoms with Crippen molar-refractivity contribution >= 4 is 5.69 Å². The Bertz CT molecular complexity index is 463. The molecule has 21 heavy (non-hydrogen) atoms. The van der Waals surface area contributed by atoms with Gasteiger partial charge in [-0.1, -0.05) is 18.9 Å². The maximum atomic E-state index is 5.90. The first-order chi connectivity index (χ1) is 10.3. The van der Waals surface area contributed by atoms with E-state index >= 15 is 0 Å². The molecule has 1 heterocycles. The predicted octanol–water partition coefficient (Wildman–Crippen LogP) is 2.22. The lowest BCUT2D eigenvalue weighted by molar-refractivity contribution is 0.187. The van der Waals surface area contributed by atoms with Crippen LogP contribution in [0.25, 0.3) is 0 Å². The van der Waals surface area contributed by atoms with Crippen LogP contribution in [0, 0.1) is 0 Å². The van der Waals surface area contributed by atoms with Crippen molar-refractivity contribution in [3.8, 4) is 5.75 Å². The normalized spacial score (nSPS) is 21.0. The summed E-state index contributed by atoms with van der Waals surface area (Å²) < 4.78 is 5.37. The molecule has 4 nitrogen and oxygen atoms in total. The third kappa shape index (κ3) is 3.16. The summed E-state index contributed by atoms with van der Waals surface area (Å²) in [5.74, 6) is 0.917. The summed E-state index contributed by atoms with van der Waals surface area (Å²) in [6.45, 7) is 5.12. The van der Waals surface area contributed by atoms with Gasteiger partial charge in [-0.2, -0.15) is 0 Å². The van der Waals surface area contributed by atoms with Crippen molar-refractivity contribution in [1.29, 1.82) is 0 Å². The molecule has 0 aromatic heterocycles. The smallest absolute Gasteiger partial charge is 0.120 e. The fourth-order valence-electron chi connectivity index (χ4n) is 3.74. The van der Waals surface area contributed by atoms with Crippen molar-refractivity contribution < 1.29 is 4.74 Å². The molecule has 0 amide bonds. The van der Waals surface area contributed by atoms with Crippen molar-refractivity contribution in [3.63, 3.8) is 0 Å². The summed E-state index contributed by atoms with van der Waals surface area (Å²) in [4.78, 5) is 5.15. The average molecular weight is 289 g/mol. The van der Waals surface area contributed by atoms with Crippen LogP contribution in [0.4, 0.5) is 5.69 Å². The first-order valence-electron chi connectivity index (χ1n) is 8.18. The fourth-order valence-corrected chi connectivity index (χ4v) is 3.74. The largest absolute Gasteiger partial charge is 0.497 e. The topological polar surface area (TPSA) is 41.7 Å². The van der Waals surface area contributed by atoms with Gasteiger partial charge in [0.05, 0.1) is 7.11 Å². The summed E-state index contributed by atoms with van der Waals surface area (Å²) in [6, 6.07) is 7.07. The number of hydrogen-bond acceptors (Lipinski definition) is 4. The van der Waals surface area contributed by atoms with E-state index in [4.69, 9.17) is 10.5 Å². The minimum Gasteiger partial charge on any atom is -0.497 e. The highest BCUT2D eigenvalue weighted by Crippen LogP contribution is 2.29. The van der Waals surface area contributed by atoms with Crippen molar-refractivity contribution in [1.82, 2.24) is 4.90 Å². The summed E-state index contributed by atoms with van der Waals surface area (Å²) in [5.41, 5.74) is 8.36. The average Bonchev–Trinajstić information content (AvgIpc) is 3.09. The van der Waals surface area contributed by atoms with Gasteiger partial charge in [0, 0.05) is 50.5 Å². The Labute approximate surface area is 127 Å². The Balaban J connectivity index is 1.68. The zero-order valence-corrected chi connectivity index (χ0v) is 13.1. The molecule has 0 radical (unpaired) electrons. The SMILES string of the molecule is COc1ccc(CN)c(N2CCN(C3CCCC3)CC2)c1. The van der Waals surface area contributed by atoms with E-state index < -0.39 is 0 Å². The van der Waals surface area contributed by atoms with Gasteiger partial charge < -0.3 is 15.4 Å². The molecular weight excluding hydrogens is 262 g/mol. The highest BCUT2D eigenvalue weighted by molar-refractivity contribution is 5.57. The van der Waals surface area contributed by atoms with Crippen molar-refractivity contribution in [3.05, 3.63) is 23.8 Å². The van der Waals surface area contributed by atoms with Crippen molar-refractivity contribution in [2.24, 2.45) is 5.73 Å². The molecule has 1 aromatic carbocycles. The van der Waals surface area contributed by atoms with Crippen LogP contribution in [0.1, 0.15) is 31.2 Å². The molecule has 0 atom stereocenters. The second-order valence-electron chi connectivity index (χ2n) is 6.16. The molecule has 1 aromatic rings. The first kappa shape index (κ1) is 14.7. The van der Waals surface area contributed by atoms with Gasteiger partial charge in [0.15, 0.2) is 0 Å². The third-order valence-electron chi connectivity index (χ3n) is 5.01. The number of ether oxygens (including phenoxy) is 1. The van der Waals surface area contributed by atoms with E-state index in [2.05, 4.69) is 21.9 Å². The summed E-state index contributed by atoms with van der Waals surface area (Å²) in [7, 11) is 1.72. The number of rotatable bonds is 4. The molecular formula is C17H27N3O. The molecule has 2 fully saturated rings. The van der Waals surface area contributed by atoms with Gasteiger partial charge in [-0.3, -0.25) is 4.90 Å². The Kier molecular flexibility index (Phi) is 4.66. The molecule has 116 valence electrons. The molecule has 3 rings (SSSR count). The quantitative estimate of drug-likeness (QED) is 0.923. The van der Waals surface area contributed by atoms with E-state index in [1.54, 1.807) is 7.11 Å².